The van der Waals surface area contributed by atoms with Gasteiger partial charge in [-0.05, 0) is 48.9 Å². The van der Waals surface area contributed by atoms with Crippen molar-refractivity contribution in [2.75, 3.05) is 69.9 Å². The summed E-state index contributed by atoms with van der Waals surface area (Å²) in [5, 5.41) is 3.73. The van der Waals surface area contributed by atoms with Gasteiger partial charge >= 0.3 is 0 Å². The molecule has 1 unspecified atom stereocenters. The van der Waals surface area contributed by atoms with Crippen LogP contribution in [0.5, 0.6) is 0 Å². The molecule has 0 bridgehead atoms. The predicted octanol–water partition coefficient (Wildman–Crippen LogP) is 4.72. The van der Waals surface area contributed by atoms with Crippen LogP contribution in [0.3, 0.4) is 0 Å². The Morgan fingerprint density at radius 1 is 1.10 bits per heavy atom. The standard InChI is InChI=1S/C30H36N4O4S2/c1-20-18-37-13-11-33(20)16-22(19-36-2)32-21-8-9-26-28(15-21)39-27-7-3-5-23(29(27)40-26)25-17-34(12-14-38-25)24-6-4-10-31-30(24)35/h3-10,15,20,22,25,32H,11-14,16-19H2,1-2H3,(H,31,35)/t20-,22+,25?/m1/s1. The molecule has 2 fully saturated rings. The van der Waals surface area contributed by atoms with Gasteiger partial charge in [-0.25, -0.2) is 0 Å². The molecule has 10 heteroatoms. The number of ether oxygens (including phenoxy) is 3. The molecule has 2 aromatic carbocycles. The first-order valence-electron chi connectivity index (χ1n) is 13.8. The van der Waals surface area contributed by atoms with Gasteiger partial charge in [-0.2, -0.15) is 0 Å². The molecule has 2 saturated heterocycles. The molecule has 0 aliphatic carbocycles. The van der Waals surface area contributed by atoms with Crippen LogP contribution in [-0.2, 0) is 14.2 Å². The van der Waals surface area contributed by atoms with Crippen LogP contribution in [0, 0.1) is 0 Å². The molecule has 40 heavy (non-hydrogen) atoms. The zero-order chi connectivity index (χ0) is 27.5. The molecule has 212 valence electrons. The fourth-order valence-electron chi connectivity index (χ4n) is 5.58. The zero-order valence-corrected chi connectivity index (χ0v) is 24.6. The summed E-state index contributed by atoms with van der Waals surface area (Å²) >= 11 is 3.62. The summed E-state index contributed by atoms with van der Waals surface area (Å²) in [5.74, 6) is 0. The van der Waals surface area contributed by atoms with E-state index in [0.29, 0.717) is 38.0 Å². The molecule has 0 saturated carbocycles. The van der Waals surface area contributed by atoms with Crippen molar-refractivity contribution in [1.82, 2.24) is 9.88 Å². The van der Waals surface area contributed by atoms with E-state index in [9.17, 15) is 4.79 Å². The van der Waals surface area contributed by atoms with E-state index in [1.54, 1.807) is 13.3 Å². The Bertz CT molecular complexity index is 1390. The van der Waals surface area contributed by atoms with Gasteiger partial charge in [0, 0.05) is 70.8 Å². The number of nitrogens with zero attached hydrogens (tertiary/aromatic N) is 2. The van der Waals surface area contributed by atoms with Gasteiger partial charge in [0.2, 0.25) is 0 Å². The zero-order valence-electron chi connectivity index (χ0n) is 22.9. The molecule has 1 aromatic heterocycles. The van der Waals surface area contributed by atoms with Gasteiger partial charge in [-0.1, -0.05) is 35.7 Å². The van der Waals surface area contributed by atoms with Crippen molar-refractivity contribution in [3.8, 4) is 0 Å². The monoisotopic (exact) mass is 580 g/mol. The van der Waals surface area contributed by atoms with E-state index >= 15 is 0 Å². The van der Waals surface area contributed by atoms with Gasteiger partial charge in [0.1, 0.15) is 11.8 Å². The lowest BCUT2D eigenvalue weighted by molar-refractivity contribution is -0.00507. The Balaban J connectivity index is 1.18. The molecule has 3 aliphatic rings. The summed E-state index contributed by atoms with van der Waals surface area (Å²) in [6, 6.07) is 17.5. The number of nitrogens with one attached hydrogen (secondary N) is 2. The number of rotatable bonds is 8. The second-order valence-electron chi connectivity index (χ2n) is 10.4. The molecule has 2 N–H and O–H groups in total. The van der Waals surface area contributed by atoms with Gasteiger partial charge in [0.15, 0.2) is 0 Å². The summed E-state index contributed by atoms with van der Waals surface area (Å²) in [4.78, 5) is 24.8. The van der Waals surface area contributed by atoms with Crippen LogP contribution >= 0.6 is 23.5 Å². The number of hydrogen-bond acceptors (Lipinski definition) is 9. The van der Waals surface area contributed by atoms with Gasteiger partial charge in [-0.3, -0.25) is 9.69 Å². The summed E-state index contributed by atoms with van der Waals surface area (Å²) in [6.07, 6.45) is 1.57. The van der Waals surface area contributed by atoms with E-state index in [4.69, 9.17) is 14.2 Å². The number of benzene rings is 2. The summed E-state index contributed by atoms with van der Waals surface area (Å²) in [5.41, 5.74) is 2.92. The van der Waals surface area contributed by atoms with Crippen molar-refractivity contribution >= 4 is 34.9 Å². The van der Waals surface area contributed by atoms with Crippen molar-refractivity contribution in [3.63, 3.8) is 0 Å². The first-order valence-corrected chi connectivity index (χ1v) is 15.5. The maximum atomic E-state index is 12.4. The molecular weight excluding hydrogens is 544 g/mol. The summed E-state index contributed by atoms with van der Waals surface area (Å²) in [7, 11) is 1.76. The number of hydrogen-bond donors (Lipinski definition) is 2. The van der Waals surface area contributed by atoms with E-state index in [2.05, 4.69) is 63.4 Å². The highest BCUT2D eigenvalue weighted by Gasteiger charge is 2.29. The number of morpholine rings is 2. The van der Waals surface area contributed by atoms with Crippen LogP contribution < -0.4 is 15.8 Å². The van der Waals surface area contributed by atoms with Crippen molar-refractivity contribution in [2.45, 2.75) is 44.7 Å². The molecule has 3 aliphatic heterocycles. The Hall–Kier alpha value is -2.47. The highest BCUT2D eigenvalue weighted by molar-refractivity contribution is 8.05. The highest BCUT2D eigenvalue weighted by atomic mass is 32.2. The Kier molecular flexibility index (Phi) is 8.71. The molecule has 0 amide bonds. The average Bonchev–Trinajstić information content (AvgIpc) is 2.97. The van der Waals surface area contributed by atoms with E-state index in [1.165, 1.54) is 25.1 Å². The van der Waals surface area contributed by atoms with Gasteiger partial charge < -0.3 is 29.4 Å². The van der Waals surface area contributed by atoms with E-state index in [0.717, 1.165) is 32.0 Å². The first-order chi connectivity index (χ1) is 19.6. The van der Waals surface area contributed by atoms with Crippen LogP contribution in [0.15, 0.2) is 79.1 Å². The summed E-state index contributed by atoms with van der Waals surface area (Å²) in [6.45, 7) is 8.22. The highest BCUT2D eigenvalue weighted by Crippen LogP contribution is 2.51. The molecular formula is C30H36N4O4S2. The number of aromatic nitrogens is 1. The molecule has 6 rings (SSSR count). The van der Waals surface area contributed by atoms with Crippen LogP contribution in [0.4, 0.5) is 11.4 Å². The third-order valence-corrected chi connectivity index (χ3v) is 10.2. The topological polar surface area (TPSA) is 79.1 Å². The van der Waals surface area contributed by atoms with Crippen molar-refractivity contribution in [3.05, 3.63) is 70.6 Å². The number of aromatic amines is 1. The van der Waals surface area contributed by atoms with Crippen LogP contribution in [0.2, 0.25) is 0 Å². The lowest BCUT2D eigenvalue weighted by Gasteiger charge is -2.36. The molecule has 0 spiro atoms. The normalized spacial score (nSPS) is 21.9. The molecule has 3 atom stereocenters. The molecule has 0 radical (unpaired) electrons. The number of pyridine rings is 1. The number of methoxy groups -OCH3 is 1. The minimum absolute atomic E-state index is 0.0614. The largest absolute Gasteiger partial charge is 0.383 e. The quantitative estimate of drug-likeness (QED) is 0.308. The Labute approximate surface area is 243 Å². The van der Waals surface area contributed by atoms with Gasteiger partial charge in [-0.15, -0.1) is 0 Å². The second kappa shape index (κ2) is 12.6. The molecule has 4 heterocycles. The lowest BCUT2D eigenvalue weighted by Crippen LogP contribution is -2.49. The van der Waals surface area contributed by atoms with E-state index < -0.39 is 0 Å². The SMILES string of the molecule is COC[C@H](CN1CCOC[C@H]1C)Nc1ccc2c(c1)Sc1cccc(C3CN(c4ccc[nH]c4=O)CCO3)c1S2. The predicted molar refractivity (Wildman–Crippen MR) is 160 cm³/mol. The maximum Gasteiger partial charge on any atom is 0.271 e. The fourth-order valence-corrected chi connectivity index (χ4v) is 8.03. The lowest BCUT2D eigenvalue weighted by atomic mass is 10.1. The van der Waals surface area contributed by atoms with Crippen LogP contribution in [0.1, 0.15) is 18.6 Å². The number of anilines is 2. The minimum atomic E-state index is -0.101. The van der Waals surface area contributed by atoms with E-state index in [1.807, 2.05) is 35.7 Å². The van der Waals surface area contributed by atoms with Gasteiger partial charge in [0.25, 0.3) is 5.56 Å². The maximum absolute atomic E-state index is 12.4. The minimum Gasteiger partial charge on any atom is -0.383 e. The molecule has 8 nitrogen and oxygen atoms in total. The first kappa shape index (κ1) is 27.7. The van der Waals surface area contributed by atoms with Crippen molar-refractivity contribution in [1.29, 1.82) is 0 Å². The average molecular weight is 581 g/mol. The third kappa shape index (κ3) is 6.07. The van der Waals surface area contributed by atoms with Gasteiger partial charge in [0.05, 0.1) is 32.5 Å². The van der Waals surface area contributed by atoms with E-state index in [-0.39, 0.29) is 17.7 Å². The second-order valence-corrected chi connectivity index (χ2v) is 12.6. The Morgan fingerprint density at radius 3 is 2.88 bits per heavy atom. The summed E-state index contributed by atoms with van der Waals surface area (Å²) < 4.78 is 17.4. The van der Waals surface area contributed by atoms with Crippen LogP contribution in [0.25, 0.3) is 0 Å². The molecule has 3 aromatic rings. The third-order valence-electron chi connectivity index (χ3n) is 7.64. The number of fused-ring (bicyclic) bond motifs is 2. The Morgan fingerprint density at radius 2 is 2.02 bits per heavy atom. The smallest absolute Gasteiger partial charge is 0.271 e. The fraction of sp³-hybridized carbons (Fsp3) is 0.433. The van der Waals surface area contributed by atoms with Crippen molar-refractivity contribution < 1.29 is 14.2 Å². The van der Waals surface area contributed by atoms with Crippen LogP contribution in [-0.4, -0.2) is 81.7 Å². The van der Waals surface area contributed by atoms with Crippen molar-refractivity contribution in [2.24, 2.45) is 0 Å². The number of H-pyrrole nitrogens is 1.